The van der Waals surface area contributed by atoms with Gasteiger partial charge in [0, 0.05) is 22.8 Å². The van der Waals surface area contributed by atoms with Crippen molar-refractivity contribution in [2.45, 2.75) is 18.9 Å². The summed E-state index contributed by atoms with van der Waals surface area (Å²) in [5.41, 5.74) is 2.03. The highest BCUT2D eigenvalue weighted by molar-refractivity contribution is 7.09. The highest BCUT2D eigenvalue weighted by atomic mass is 32.1. The Hall–Kier alpha value is -2.60. The molecule has 6 heteroatoms. The van der Waals surface area contributed by atoms with Crippen LogP contribution < -0.4 is 5.32 Å². The highest BCUT2D eigenvalue weighted by Gasteiger charge is 2.29. The number of phenols is 1. The number of benzene rings is 1. The predicted octanol–water partition coefficient (Wildman–Crippen LogP) is 3.17. The van der Waals surface area contributed by atoms with E-state index in [0.29, 0.717) is 13.0 Å². The molecule has 0 aliphatic carbocycles. The maximum Gasteiger partial charge on any atom is 0.226 e. The molecule has 3 heterocycles. The second kappa shape index (κ2) is 5.55. The van der Waals surface area contributed by atoms with Gasteiger partial charge in [-0.1, -0.05) is 18.2 Å². The van der Waals surface area contributed by atoms with Crippen LogP contribution in [-0.4, -0.2) is 20.8 Å². The number of carbonyl (C=O) groups is 1. The minimum absolute atomic E-state index is 0.0106. The Labute approximate surface area is 137 Å². The zero-order valence-corrected chi connectivity index (χ0v) is 13.1. The van der Waals surface area contributed by atoms with E-state index in [9.17, 15) is 9.90 Å². The molecule has 0 radical (unpaired) electrons. The van der Waals surface area contributed by atoms with Gasteiger partial charge in [0.25, 0.3) is 0 Å². The van der Waals surface area contributed by atoms with Crippen molar-refractivity contribution in [1.82, 2.24) is 9.78 Å². The molecular formula is C17H15N3O2S. The van der Waals surface area contributed by atoms with Gasteiger partial charge in [-0.25, -0.2) is 4.68 Å². The van der Waals surface area contributed by atoms with E-state index in [-0.39, 0.29) is 17.6 Å². The smallest absolute Gasteiger partial charge is 0.226 e. The molecule has 0 spiro atoms. The summed E-state index contributed by atoms with van der Waals surface area (Å²) in [4.78, 5) is 13.3. The van der Waals surface area contributed by atoms with Crippen LogP contribution in [-0.2, 0) is 11.3 Å². The molecule has 0 bridgehead atoms. The van der Waals surface area contributed by atoms with Crippen LogP contribution in [0.4, 0.5) is 5.82 Å². The molecule has 1 aromatic carbocycles. The zero-order valence-electron chi connectivity index (χ0n) is 12.3. The molecule has 4 rings (SSSR count). The van der Waals surface area contributed by atoms with Crippen LogP contribution >= 0.6 is 11.3 Å². The van der Waals surface area contributed by atoms with Crippen LogP contribution in [0.1, 0.15) is 28.3 Å². The number of anilines is 1. The van der Waals surface area contributed by atoms with Crippen molar-refractivity contribution in [1.29, 1.82) is 0 Å². The van der Waals surface area contributed by atoms with Crippen molar-refractivity contribution in [2.24, 2.45) is 0 Å². The van der Waals surface area contributed by atoms with Crippen LogP contribution in [0.25, 0.3) is 0 Å². The van der Waals surface area contributed by atoms with Gasteiger partial charge in [-0.2, -0.15) is 5.10 Å². The Bertz CT molecular complexity index is 837. The van der Waals surface area contributed by atoms with Gasteiger partial charge < -0.3 is 10.4 Å². The van der Waals surface area contributed by atoms with E-state index in [2.05, 4.69) is 16.5 Å². The molecule has 23 heavy (non-hydrogen) atoms. The van der Waals surface area contributed by atoms with Gasteiger partial charge in [-0.05, 0) is 29.1 Å². The van der Waals surface area contributed by atoms with E-state index in [4.69, 9.17) is 0 Å². The number of amides is 1. The van der Waals surface area contributed by atoms with Gasteiger partial charge in [-0.15, -0.1) is 11.3 Å². The predicted molar refractivity (Wildman–Crippen MR) is 88.8 cm³/mol. The minimum atomic E-state index is -0.0311. The molecule has 1 amide bonds. The lowest BCUT2D eigenvalue weighted by Gasteiger charge is -2.23. The van der Waals surface area contributed by atoms with Crippen LogP contribution in [0.3, 0.4) is 0 Å². The molecule has 1 atom stereocenters. The van der Waals surface area contributed by atoms with Gasteiger partial charge >= 0.3 is 0 Å². The number of nitrogens with one attached hydrogen (secondary N) is 1. The Morgan fingerprint density at radius 1 is 1.30 bits per heavy atom. The van der Waals surface area contributed by atoms with Gasteiger partial charge in [0.1, 0.15) is 11.6 Å². The van der Waals surface area contributed by atoms with Crippen molar-refractivity contribution in [3.05, 3.63) is 64.0 Å². The minimum Gasteiger partial charge on any atom is -0.508 e. The van der Waals surface area contributed by atoms with E-state index in [1.54, 1.807) is 23.5 Å². The lowest BCUT2D eigenvalue weighted by atomic mass is 9.87. The Morgan fingerprint density at radius 3 is 2.87 bits per heavy atom. The quantitative estimate of drug-likeness (QED) is 0.777. The molecule has 0 unspecified atom stereocenters. The molecule has 0 fully saturated rings. The molecular weight excluding hydrogens is 310 g/mol. The number of hydrogen-bond acceptors (Lipinski definition) is 4. The number of fused-ring (bicyclic) bond motifs is 1. The lowest BCUT2D eigenvalue weighted by molar-refractivity contribution is -0.116. The first-order valence-corrected chi connectivity index (χ1v) is 8.25. The summed E-state index contributed by atoms with van der Waals surface area (Å²) < 4.78 is 1.84. The first kappa shape index (κ1) is 14.0. The van der Waals surface area contributed by atoms with E-state index in [1.165, 1.54) is 4.88 Å². The summed E-state index contributed by atoms with van der Waals surface area (Å²) in [6.45, 7) is 0.648. The number of aromatic hydroxyl groups is 1. The number of phenolic OH excluding ortho intramolecular Hbond substituents is 1. The van der Waals surface area contributed by atoms with Crippen LogP contribution in [0.2, 0.25) is 0 Å². The number of nitrogens with zero attached hydrogens (tertiary/aromatic N) is 2. The molecule has 0 saturated heterocycles. The maximum atomic E-state index is 12.1. The summed E-state index contributed by atoms with van der Waals surface area (Å²) in [6, 6.07) is 11.1. The lowest BCUT2D eigenvalue weighted by Crippen LogP contribution is -2.25. The fourth-order valence-corrected chi connectivity index (χ4v) is 3.63. The van der Waals surface area contributed by atoms with Crippen molar-refractivity contribution < 1.29 is 9.90 Å². The van der Waals surface area contributed by atoms with Crippen LogP contribution in [0.15, 0.2) is 48.0 Å². The molecule has 0 saturated carbocycles. The Balaban J connectivity index is 1.72. The zero-order chi connectivity index (χ0) is 15.8. The second-order valence-corrected chi connectivity index (χ2v) is 6.61. The first-order valence-electron chi connectivity index (χ1n) is 7.37. The average Bonchev–Trinajstić information content (AvgIpc) is 3.18. The van der Waals surface area contributed by atoms with E-state index in [1.807, 2.05) is 34.5 Å². The van der Waals surface area contributed by atoms with Gasteiger partial charge in [0.05, 0.1) is 12.7 Å². The van der Waals surface area contributed by atoms with Gasteiger partial charge in [0.2, 0.25) is 5.91 Å². The van der Waals surface area contributed by atoms with Gasteiger partial charge in [-0.3, -0.25) is 4.79 Å². The molecule has 116 valence electrons. The second-order valence-electron chi connectivity index (χ2n) is 5.58. The van der Waals surface area contributed by atoms with Crippen LogP contribution in [0, 0.1) is 0 Å². The Kier molecular flexibility index (Phi) is 3.38. The third kappa shape index (κ3) is 2.61. The normalized spacial score (nSPS) is 16.9. The van der Waals surface area contributed by atoms with Crippen molar-refractivity contribution >= 4 is 23.1 Å². The average molecular weight is 325 g/mol. The number of aromatic nitrogens is 2. The number of hydrogen-bond donors (Lipinski definition) is 2. The van der Waals surface area contributed by atoms with Crippen LogP contribution in [0.5, 0.6) is 5.75 Å². The van der Waals surface area contributed by atoms with E-state index in [0.717, 1.165) is 16.9 Å². The number of rotatable bonds is 3. The third-order valence-corrected chi connectivity index (χ3v) is 4.93. The first-order chi connectivity index (χ1) is 11.2. The van der Waals surface area contributed by atoms with Gasteiger partial charge in [0.15, 0.2) is 0 Å². The SMILES string of the molecule is O=C1C[C@@H](c2ccc(O)cc2)c2cnn(Cc3cccs3)c2N1. The highest BCUT2D eigenvalue weighted by Crippen LogP contribution is 2.37. The fourth-order valence-electron chi connectivity index (χ4n) is 2.94. The summed E-state index contributed by atoms with van der Waals surface area (Å²) in [5, 5.41) is 18.9. The molecule has 2 N–H and O–H groups in total. The summed E-state index contributed by atoms with van der Waals surface area (Å²) in [6.07, 6.45) is 2.22. The monoisotopic (exact) mass is 325 g/mol. The standard InChI is InChI=1S/C17H15N3O2S/c21-12-5-3-11(4-6-12)14-8-16(22)19-17-15(14)9-18-20(17)10-13-2-1-7-23-13/h1-7,9,14,21H,8,10H2,(H,19,22)/t14-/m0/s1. The molecule has 5 nitrogen and oxygen atoms in total. The topological polar surface area (TPSA) is 67.1 Å². The van der Waals surface area contributed by atoms with E-state index >= 15 is 0 Å². The Morgan fingerprint density at radius 2 is 2.13 bits per heavy atom. The molecule has 1 aliphatic rings. The number of carbonyl (C=O) groups excluding carboxylic acids is 1. The fraction of sp³-hybridized carbons (Fsp3) is 0.176. The number of thiophene rings is 1. The summed E-state index contributed by atoms with van der Waals surface area (Å²) in [5.74, 6) is 0.954. The maximum absolute atomic E-state index is 12.1. The van der Waals surface area contributed by atoms with Crippen molar-refractivity contribution in [3.63, 3.8) is 0 Å². The van der Waals surface area contributed by atoms with E-state index < -0.39 is 0 Å². The van der Waals surface area contributed by atoms with Crippen molar-refractivity contribution in [2.75, 3.05) is 5.32 Å². The third-order valence-electron chi connectivity index (χ3n) is 4.07. The molecule has 1 aliphatic heterocycles. The van der Waals surface area contributed by atoms with Crippen molar-refractivity contribution in [3.8, 4) is 5.75 Å². The molecule has 3 aromatic rings. The largest absolute Gasteiger partial charge is 0.508 e. The molecule has 2 aromatic heterocycles. The summed E-state index contributed by atoms with van der Waals surface area (Å²) in [7, 11) is 0. The summed E-state index contributed by atoms with van der Waals surface area (Å²) >= 11 is 1.67.